The molecule has 154 valence electrons. The highest BCUT2D eigenvalue weighted by atomic mass is 35.5. The van der Waals surface area contributed by atoms with Gasteiger partial charge in [0.05, 0.1) is 22.8 Å². The third kappa shape index (κ3) is 3.70. The smallest absolute Gasteiger partial charge is 0.356 e. The molecule has 0 bridgehead atoms. The van der Waals surface area contributed by atoms with Crippen molar-refractivity contribution < 1.29 is 17.9 Å². The van der Waals surface area contributed by atoms with Gasteiger partial charge < -0.3 is 9.30 Å². The number of sulfonamides is 1. The minimum Gasteiger partial charge on any atom is -0.461 e. The Balaban J connectivity index is 2.12. The number of esters is 1. The molecule has 3 aromatic rings. The van der Waals surface area contributed by atoms with Crippen LogP contribution in [0.3, 0.4) is 0 Å². The first-order valence-corrected chi connectivity index (χ1v) is 10.8. The van der Waals surface area contributed by atoms with E-state index in [1.807, 2.05) is 19.9 Å². The Kier molecular flexibility index (Phi) is 5.60. The topological polar surface area (TPSA) is 81.5 Å². The molecule has 29 heavy (non-hydrogen) atoms. The Morgan fingerprint density at radius 3 is 2.41 bits per heavy atom. The van der Waals surface area contributed by atoms with Crippen molar-refractivity contribution in [3.63, 3.8) is 0 Å². The molecule has 9 heteroatoms. The number of benzene rings is 1. The number of carbonyl (C=O) groups is 1. The van der Waals surface area contributed by atoms with Crippen molar-refractivity contribution in [1.82, 2.24) is 9.55 Å². The molecule has 2 heterocycles. The molecule has 1 aromatic carbocycles. The molecule has 7 nitrogen and oxygen atoms in total. The average Bonchev–Trinajstić information content (AvgIpc) is 2.90. The quantitative estimate of drug-likeness (QED) is 0.568. The number of rotatable bonds is 5. The zero-order valence-corrected chi connectivity index (χ0v) is 18.4. The van der Waals surface area contributed by atoms with E-state index in [9.17, 15) is 13.2 Å². The molecule has 0 fully saturated rings. The van der Waals surface area contributed by atoms with Crippen LogP contribution >= 0.6 is 11.6 Å². The fourth-order valence-corrected chi connectivity index (χ4v) is 4.73. The van der Waals surface area contributed by atoms with Crippen molar-refractivity contribution in [3.8, 4) is 0 Å². The van der Waals surface area contributed by atoms with Crippen molar-refractivity contribution in [2.75, 3.05) is 18.0 Å². The number of carbonyl (C=O) groups excluding carboxylic acids is 1. The van der Waals surface area contributed by atoms with Gasteiger partial charge >= 0.3 is 5.97 Å². The molecular formula is C20H22ClN3O4S. The summed E-state index contributed by atoms with van der Waals surface area (Å²) in [6.07, 6.45) is 1.25. The molecule has 0 radical (unpaired) electrons. The zero-order valence-electron chi connectivity index (χ0n) is 16.9. The molecule has 0 amide bonds. The molecule has 0 aliphatic rings. The molecule has 0 aliphatic carbocycles. The summed E-state index contributed by atoms with van der Waals surface area (Å²) in [5.41, 5.74) is 3.37. The van der Waals surface area contributed by atoms with E-state index in [2.05, 4.69) is 4.98 Å². The summed E-state index contributed by atoms with van der Waals surface area (Å²) in [7, 11) is -0.757. The van der Waals surface area contributed by atoms with Crippen LogP contribution in [0.2, 0.25) is 5.02 Å². The van der Waals surface area contributed by atoms with Crippen molar-refractivity contribution >= 4 is 44.3 Å². The summed E-state index contributed by atoms with van der Waals surface area (Å²) >= 11 is 6.31. The lowest BCUT2D eigenvalue weighted by atomic mass is 10.1. The largest absolute Gasteiger partial charge is 0.461 e. The van der Waals surface area contributed by atoms with Gasteiger partial charge in [-0.3, -0.25) is 9.29 Å². The van der Waals surface area contributed by atoms with Crippen LogP contribution < -0.4 is 4.31 Å². The Morgan fingerprint density at radius 2 is 1.83 bits per heavy atom. The van der Waals surface area contributed by atoms with Gasteiger partial charge in [0, 0.05) is 20.3 Å². The molecule has 0 unspecified atom stereocenters. The summed E-state index contributed by atoms with van der Waals surface area (Å²) in [4.78, 5) is 16.4. The van der Waals surface area contributed by atoms with E-state index in [-0.39, 0.29) is 22.2 Å². The van der Waals surface area contributed by atoms with E-state index >= 15 is 0 Å². The van der Waals surface area contributed by atoms with Gasteiger partial charge in [0.25, 0.3) is 10.0 Å². The lowest BCUT2D eigenvalue weighted by molar-refractivity contribution is 0.0516. The standard InChI is InChI=1S/C20H22ClN3O4S/c1-6-28-20(25)19-17(21)18-16(23(19)4)10-15(11-22-18)29(26,27)24(5)14-8-12(2)7-13(3)9-14/h7-11H,6H2,1-5H3. The van der Waals surface area contributed by atoms with Crippen LogP contribution in [0.4, 0.5) is 5.69 Å². The predicted octanol–water partition coefficient (Wildman–Crippen LogP) is 3.85. The van der Waals surface area contributed by atoms with Crippen LogP contribution in [0.15, 0.2) is 35.4 Å². The molecule has 0 aliphatic heterocycles. The zero-order chi connectivity index (χ0) is 21.5. The monoisotopic (exact) mass is 435 g/mol. The van der Waals surface area contributed by atoms with E-state index in [1.165, 1.54) is 28.2 Å². The highest BCUT2D eigenvalue weighted by molar-refractivity contribution is 7.92. The maximum atomic E-state index is 13.2. The van der Waals surface area contributed by atoms with Crippen molar-refractivity contribution in [2.24, 2.45) is 7.05 Å². The number of hydrogen-bond acceptors (Lipinski definition) is 5. The minimum atomic E-state index is -3.87. The van der Waals surface area contributed by atoms with E-state index in [0.717, 1.165) is 11.1 Å². The van der Waals surface area contributed by atoms with Gasteiger partial charge in [0.2, 0.25) is 0 Å². The number of nitrogens with zero attached hydrogens (tertiary/aromatic N) is 3. The van der Waals surface area contributed by atoms with Gasteiger partial charge in [-0.25, -0.2) is 13.2 Å². The molecule has 0 atom stereocenters. The van der Waals surface area contributed by atoms with Gasteiger partial charge in [-0.1, -0.05) is 17.7 Å². The Labute approximate surface area is 174 Å². The number of aromatic nitrogens is 2. The number of aryl methyl sites for hydroxylation is 3. The predicted molar refractivity (Wildman–Crippen MR) is 113 cm³/mol. The molecule has 2 aromatic heterocycles. The summed E-state index contributed by atoms with van der Waals surface area (Å²) in [6.45, 7) is 5.71. The van der Waals surface area contributed by atoms with Gasteiger partial charge in [0.15, 0.2) is 0 Å². The fraction of sp³-hybridized carbons (Fsp3) is 0.300. The van der Waals surface area contributed by atoms with Gasteiger partial charge in [-0.05, 0) is 50.1 Å². The highest BCUT2D eigenvalue weighted by Gasteiger charge is 2.26. The average molecular weight is 436 g/mol. The second-order valence-corrected chi connectivity index (χ2v) is 9.15. The van der Waals surface area contributed by atoms with E-state index in [0.29, 0.717) is 16.7 Å². The van der Waals surface area contributed by atoms with E-state index in [1.54, 1.807) is 26.1 Å². The van der Waals surface area contributed by atoms with Crippen LogP contribution in [-0.4, -0.2) is 37.6 Å². The Hall–Kier alpha value is -2.58. The molecular weight excluding hydrogens is 414 g/mol. The molecule has 3 rings (SSSR count). The van der Waals surface area contributed by atoms with Gasteiger partial charge in [0.1, 0.15) is 16.1 Å². The first kappa shape index (κ1) is 21.1. The fourth-order valence-electron chi connectivity index (χ4n) is 3.24. The highest BCUT2D eigenvalue weighted by Crippen LogP contribution is 2.32. The van der Waals surface area contributed by atoms with Crippen molar-refractivity contribution in [2.45, 2.75) is 25.7 Å². The SMILES string of the molecule is CCOC(=O)c1c(Cl)c2ncc(S(=O)(=O)N(C)c3cc(C)cc(C)c3)cc2n1C. The lowest BCUT2D eigenvalue weighted by Crippen LogP contribution is -2.26. The second kappa shape index (κ2) is 7.68. The first-order valence-electron chi connectivity index (χ1n) is 8.96. The maximum absolute atomic E-state index is 13.2. The first-order chi connectivity index (χ1) is 13.6. The van der Waals surface area contributed by atoms with Crippen molar-refractivity contribution in [1.29, 1.82) is 0 Å². The number of halogens is 1. The van der Waals surface area contributed by atoms with Gasteiger partial charge in [-0.2, -0.15) is 0 Å². The summed E-state index contributed by atoms with van der Waals surface area (Å²) in [6, 6.07) is 7.04. The van der Waals surface area contributed by atoms with Crippen LogP contribution in [-0.2, 0) is 21.8 Å². The number of ether oxygens (including phenoxy) is 1. The van der Waals surface area contributed by atoms with Crippen LogP contribution in [0.1, 0.15) is 28.5 Å². The molecule has 0 N–H and O–H groups in total. The third-order valence-electron chi connectivity index (χ3n) is 4.65. The van der Waals surface area contributed by atoms with Crippen molar-refractivity contribution in [3.05, 3.63) is 52.3 Å². The summed E-state index contributed by atoms with van der Waals surface area (Å²) < 4.78 is 34.1. The number of anilines is 1. The lowest BCUT2D eigenvalue weighted by Gasteiger charge is -2.20. The second-order valence-electron chi connectivity index (χ2n) is 6.80. The minimum absolute atomic E-state index is 0.000616. The normalized spacial score (nSPS) is 11.7. The van der Waals surface area contributed by atoms with E-state index in [4.69, 9.17) is 16.3 Å². The summed E-state index contributed by atoms with van der Waals surface area (Å²) in [5, 5.41) is 0.132. The summed E-state index contributed by atoms with van der Waals surface area (Å²) in [5.74, 6) is -0.588. The third-order valence-corrected chi connectivity index (χ3v) is 6.76. The Bertz CT molecular complexity index is 1200. The molecule has 0 saturated heterocycles. The molecule has 0 spiro atoms. The van der Waals surface area contributed by atoms with Crippen LogP contribution in [0.25, 0.3) is 11.0 Å². The maximum Gasteiger partial charge on any atom is 0.356 e. The van der Waals surface area contributed by atoms with Crippen LogP contribution in [0.5, 0.6) is 0 Å². The number of fused-ring (bicyclic) bond motifs is 1. The van der Waals surface area contributed by atoms with Crippen LogP contribution in [0, 0.1) is 13.8 Å². The molecule has 0 saturated carbocycles. The Morgan fingerprint density at radius 1 is 1.21 bits per heavy atom. The number of hydrogen-bond donors (Lipinski definition) is 0. The van der Waals surface area contributed by atoms with E-state index < -0.39 is 16.0 Å². The number of pyridine rings is 1. The van der Waals surface area contributed by atoms with Gasteiger partial charge in [-0.15, -0.1) is 0 Å².